The molecule has 172 valence electrons. The maximum atomic E-state index is 12.3. The number of nitriles is 1. The number of amides is 2. The summed E-state index contributed by atoms with van der Waals surface area (Å²) in [6.45, 7) is 3.80. The summed E-state index contributed by atoms with van der Waals surface area (Å²) in [7, 11) is 0. The lowest BCUT2D eigenvalue weighted by atomic mass is 9.35. The van der Waals surface area contributed by atoms with E-state index in [0.29, 0.717) is 27.9 Å². The molecule has 3 saturated carbocycles. The summed E-state index contributed by atoms with van der Waals surface area (Å²) in [6, 6.07) is 8.64. The lowest BCUT2D eigenvalue weighted by Gasteiger charge is -2.70. The van der Waals surface area contributed by atoms with Gasteiger partial charge in [0.25, 0.3) is 5.91 Å². The van der Waals surface area contributed by atoms with Crippen molar-refractivity contribution in [2.24, 2.45) is 16.6 Å². The number of imide groups is 1. The van der Waals surface area contributed by atoms with Gasteiger partial charge in [-0.2, -0.15) is 10.4 Å². The molecule has 0 saturated heterocycles. The van der Waals surface area contributed by atoms with E-state index < -0.39 is 11.8 Å². The molecule has 9 nitrogen and oxygen atoms in total. The Bertz CT molecular complexity index is 1170. The first-order chi connectivity index (χ1) is 15.6. The van der Waals surface area contributed by atoms with Crippen LogP contribution in [0.5, 0.6) is 0 Å². The monoisotopic (exact) mass is 448 g/mol. The molecule has 1 aromatic heterocycles. The highest BCUT2D eigenvalue weighted by atomic mass is 16.3. The summed E-state index contributed by atoms with van der Waals surface area (Å²) in [5, 5.41) is 25.6. The molecule has 1 atom stereocenters. The van der Waals surface area contributed by atoms with Gasteiger partial charge in [-0.25, -0.2) is 4.68 Å². The van der Waals surface area contributed by atoms with Crippen LogP contribution in [0.15, 0.2) is 36.0 Å². The molecule has 9 heteroatoms. The van der Waals surface area contributed by atoms with Crippen LogP contribution >= 0.6 is 0 Å². The minimum Gasteiger partial charge on any atom is -0.401 e. The van der Waals surface area contributed by atoms with Gasteiger partial charge in [0.2, 0.25) is 5.91 Å². The van der Waals surface area contributed by atoms with E-state index in [1.54, 1.807) is 31.2 Å². The van der Waals surface area contributed by atoms with Crippen molar-refractivity contribution in [3.05, 3.63) is 47.2 Å². The topological polar surface area (TPSA) is 160 Å². The number of nitrogen functional groups attached to an aromatic ring is 1. The smallest absolute Gasteiger partial charge is 0.252 e. The molecule has 3 aliphatic carbocycles. The van der Waals surface area contributed by atoms with Crippen LogP contribution in [0.1, 0.15) is 50.3 Å². The van der Waals surface area contributed by atoms with Gasteiger partial charge in [-0.15, -0.1) is 0 Å². The predicted molar refractivity (Wildman–Crippen MR) is 122 cm³/mol. The van der Waals surface area contributed by atoms with Crippen molar-refractivity contribution in [2.75, 3.05) is 12.3 Å². The van der Waals surface area contributed by atoms with Crippen molar-refractivity contribution >= 4 is 17.6 Å². The van der Waals surface area contributed by atoms with Crippen LogP contribution in [-0.2, 0) is 16.0 Å². The molecule has 6 N–H and O–H groups in total. The zero-order valence-corrected chi connectivity index (χ0v) is 18.8. The van der Waals surface area contributed by atoms with E-state index in [0.717, 1.165) is 19.3 Å². The lowest BCUT2D eigenvalue weighted by molar-refractivity contribution is -0.163. The van der Waals surface area contributed by atoms with Crippen molar-refractivity contribution in [3.63, 3.8) is 0 Å². The largest absolute Gasteiger partial charge is 0.401 e. The third-order valence-electron chi connectivity index (χ3n) is 6.79. The van der Waals surface area contributed by atoms with Crippen LogP contribution in [0.4, 0.5) is 5.82 Å². The second kappa shape index (κ2) is 8.05. The van der Waals surface area contributed by atoms with Gasteiger partial charge < -0.3 is 16.6 Å². The van der Waals surface area contributed by atoms with Crippen LogP contribution in [-0.4, -0.2) is 33.3 Å². The number of nitrogens with two attached hydrogens (primary N) is 2. The fourth-order valence-electron chi connectivity index (χ4n) is 5.25. The van der Waals surface area contributed by atoms with Crippen molar-refractivity contribution < 1.29 is 14.7 Å². The highest BCUT2D eigenvalue weighted by Crippen LogP contribution is 2.75. The number of allylic oxidation sites excluding steroid dienone is 1. The molecule has 3 aliphatic rings. The van der Waals surface area contributed by atoms with E-state index in [2.05, 4.69) is 23.4 Å². The first kappa shape index (κ1) is 22.6. The van der Waals surface area contributed by atoms with E-state index in [1.807, 2.05) is 0 Å². The summed E-state index contributed by atoms with van der Waals surface area (Å²) >= 11 is 0. The molecule has 2 amide bonds. The van der Waals surface area contributed by atoms with Gasteiger partial charge in [-0.05, 0) is 37.2 Å². The second-order valence-electron chi connectivity index (χ2n) is 9.70. The number of hydrogen-bond acceptors (Lipinski definition) is 7. The summed E-state index contributed by atoms with van der Waals surface area (Å²) in [5.41, 5.74) is 15.0. The van der Waals surface area contributed by atoms with E-state index in [9.17, 15) is 20.0 Å². The molecular weight excluding hydrogens is 420 g/mol. The van der Waals surface area contributed by atoms with Gasteiger partial charge in [0.1, 0.15) is 23.1 Å². The van der Waals surface area contributed by atoms with Gasteiger partial charge in [0.15, 0.2) is 0 Å². The molecule has 33 heavy (non-hydrogen) atoms. The van der Waals surface area contributed by atoms with Gasteiger partial charge in [0.05, 0.1) is 19.1 Å². The molecule has 2 bridgehead atoms. The number of nitrogens with zero attached hydrogens (tertiary/aromatic N) is 3. The van der Waals surface area contributed by atoms with Crippen molar-refractivity contribution in [2.45, 2.75) is 45.6 Å². The summed E-state index contributed by atoms with van der Waals surface area (Å²) in [6.07, 6.45) is 4.38. The Labute approximate surface area is 192 Å². The van der Waals surface area contributed by atoms with Crippen molar-refractivity contribution in [1.29, 1.82) is 5.26 Å². The number of aromatic nitrogens is 2. The Balaban J connectivity index is 1.39. The SMILES string of the molecule is CC(CO)n1nc(-c2ccc(CC(=O)NC(=O)C=C(N)C34CC(C)(C3)C4)cc2)c(C#N)c1N. The quantitative estimate of drug-likeness (QED) is 0.470. The fourth-order valence-corrected chi connectivity index (χ4v) is 5.25. The van der Waals surface area contributed by atoms with E-state index >= 15 is 0 Å². The number of aliphatic hydroxyl groups excluding tert-OH is 1. The van der Waals surface area contributed by atoms with E-state index in [-0.39, 0.29) is 35.9 Å². The highest BCUT2D eigenvalue weighted by molar-refractivity contribution is 6.01. The minimum absolute atomic E-state index is 0.0201. The maximum absolute atomic E-state index is 12.3. The van der Waals surface area contributed by atoms with Gasteiger partial charge in [-0.3, -0.25) is 14.9 Å². The molecule has 1 aromatic carbocycles. The number of hydrogen-bond donors (Lipinski definition) is 4. The van der Waals surface area contributed by atoms with Crippen LogP contribution in [0.25, 0.3) is 11.3 Å². The molecule has 2 aromatic rings. The molecular formula is C24H28N6O3. The van der Waals surface area contributed by atoms with Crippen LogP contribution < -0.4 is 16.8 Å². The Hall–Kier alpha value is -3.64. The third kappa shape index (κ3) is 3.98. The maximum Gasteiger partial charge on any atom is 0.252 e. The van der Waals surface area contributed by atoms with E-state index in [1.165, 1.54) is 10.8 Å². The average molecular weight is 449 g/mol. The number of carbonyl (C=O) groups is 2. The minimum atomic E-state index is -0.498. The Kier molecular flexibility index (Phi) is 5.50. The first-order valence-corrected chi connectivity index (χ1v) is 10.9. The van der Waals surface area contributed by atoms with Crippen LogP contribution in [0.2, 0.25) is 0 Å². The van der Waals surface area contributed by atoms with E-state index in [4.69, 9.17) is 11.5 Å². The molecule has 5 rings (SSSR count). The number of carbonyl (C=O) groups excluding carboxylic acids is 2. The van der Waals surface area contributed by atoms with Gasteiger partial charge >= 0.3 is 0 Å². The third-order valence-corrected chi connectivity index (χ3v) is 6.79. The highest BCUT2D eigenvalue weighted by Gasteiger charge is 2.66. The van der Waals surface area contributed by atoms with Crippen LogP contribution in [0.3, 0.4) is 0 Å². The summed E-state index contributed by atoms with van der Waals surface area (Å²) in [5.74, 6) is -0.734. The fraction of sp³-hybridized carbons (Fsp3) is 0.417. The molecule has 0 radical (unpaired) electrons. The lowest BCUT2D eigenvalue weighted by Crippen LogP contribution is -2.62. The Morgan fingerprint density at radius 2 is 1.97 bits per heavy atom. The number of rotatable bonds is 7. The number of anilines is 1. The molecule has 0 spiro atoms. The van der Waals surface area contributed by atoms with Crippen molar-refractivity contribution in [1.82, 2.24) is 15.1 Å². The summed E-state index contributed by atoms with van der Waals surface area (Å²) < 4.78 is 1.42. The Morgan fingerprint density at radius 1 is 1.33 bits per heavy atom. The molecule has 1 unspecified atom stereocenters. The zero-order valence-electron chi connectivity index (χ0n) is 18.8. The normalized spacial score (nSPS) is 24.2. The van der Waals surface area contributed by atoms with Gasteiger partial charge in [-0.1, -0.05) is 31.2 Å². The molecule has 0 aliphatic heterocycles. The standard InChI is InChI=1S/C24H28N6O3/c1-14(10-31)30-22(27)17(9-25)21(29-30)16-5-3-15(4-6-16)7-19(32)28-20(33)8-18(26)24-11-23(2,12-24)13-24/h3-6,8,14,31H,7,10-13,26-27H2,1-2H3,(H,28,32,33). The van der Waals surface area contributed by atoms with Crippen molar-refractivity contribution in [3.8, 4) is 17.3 Å². The first-order valence-electron chi connectivity index (χ1n) is 10.9. The molecule has 3 fully saturated rings. The number of nitrogens with one attached hydrogen (secondary N) is 1. The Morgan fingerprint density at radius 3 is 2.52 bits per heavy atom. The summed E-state index contributed by atoms with van der Waals surface area (Å²) in [4.78, 5) is 24.5. The average Bonchev–Trinajstić information content (AvgIpc) is 3.06. The zero-order chi connectivity index (χ0) is 24.0. The predicted octanol–water partition coefficient (Wildman–Crippen LogP) is 1.78. The number of aliphatic hydroxyl groups is 1. The van der Waals surface area contributed by atoms with Gasteiger partial charge in [0, 0.05) is 22.8 Å². The number of benzene rings is 1. The second-order valence-corrected chi connectivity index (χ2v) is 9.70. The van der Waals surface area contributed by atoms with Crippen LogP contribution in [0, 0.1) is 22.2 Å². The molecule has 1 heterocycles.